The SMILES string of the molecule is CCC[C@@H](N)c1cc(Cl)ccc1C. The molecular formula is C11H16ClN. The molecule has 0 bridgehead atoms. The molecule has 1 nitrogen and oxygen atoms in total. The van der Waals surface area contributed by atoms with E-state index in [1.165, 1.54) is 11.1 Å². The van der Waals surface area contributed by atoms with Crippen molar-refractivity contribution in [2.45, 2.75) is 32.7 Å². The Morgan fingerprint density at radius 2 is 2.15 bits per heavy atom. The Bertz CT molecular complexity index is 283. The molecule has 1 atom stereocenters. The number of aryl methyl sites for hydroxylation is 1. The standard InChI is InChI=1S/C11H16ClN/c1-3-4-11(13)10-7-9(12)6-5-8(10)2/h5-7,11H,3-4,13H2,1-2H3/t11-/m1/s1. The van der Waals surface area contributed by atoms with Crippen LogP contribution in [0.4, 0.5) is 0 Å². The van der Waals surface area contributed by atoms with E-state index in [1.807, 2.05) is 18.2 Å². The maximum atomic E-state index is 6.02. The summed E-state index contributed by atoms with van der Waals surface area (Å²) in [5.41, 5.74) is 8.42. The molecule has 2 N–H and O–H groups in total. The van der Waals surface area contributed by atoms with Gasteiger partial charge in [0, 0.05) is 11.1 Å². The lowest BCUT2D eigenvalue weighted by atomic mass is 9.99. The van der Waals surface area contributed by atoms with Crippen LogP contribution < -0.4 is 5.73 Å². The number of hydrogen-bond acceptors (Lipinski definition) is 1. The third-order valence-corrected chi connectivity index (χ3v) is 2.48. The topological polar surface area (TPSA) is 26.0 Å². The van der Waals surface area contributed by atoms with Crippen LogP contribution in [0.15, 0.2) is 18.2 Å². The van der Waals surface area contributed by atoms with Crippen LogP contribution in [0, 0.1) is 6.92 Å². The van der Waals surface area contributed by atoms with Crippen LogP contribution >= 0.6 is 11.6 Å². The molecule has 1 aromatic carbocycles. The van der Waals surface area contributed by atoms with E-state index in [-0.39, 0.29) is 6.04 Å². The van der Waals surface area contributed by atoms with Crippen molar-refractivity contribution < 1.29 is 0 Å². The predicted molar refractivity (Wildman–Crippen MR) is 58.0 cm³/mol. The Kier molecular flexibility index (Phi) is 3.76. The van der Waals surface area contributed by atoms with Gasteiger partial charge in [0.2, 0.25) is 0 Å². The fourth-order valence-electron chi connectivity index (χ4n) is 1.48. The Labute approximate surface area is 84.9 Å². The first kappa shape index (κ1) is 10.6. The van der Waals surface area contributed by atoms with E-state index in [9.17, 15) is 0 Å². The van der Waals surface area contributed by atoms with Gasteiger partial charge in [0.15, 0.2) is 0 Å². The van der Waals surface area contributed by atoms with E-state index in [2.05, 4.69) is 13.8 Å². The zero-order valence-corrected chi connectivity index (χ0v) is 8.93. The summed E-state index contributed by atoms with van der Waals surface area (Å²) in [6.07, 6.45) is 2.12. The zero-order valence-electron chi connectivity index (χ0n) is 8.18. The molecule has 0 aliphatic rings. The summed E-state index contributed by atoms with van der Waals surface area (Å²) in [6, 6.07) is 6.02. The summed E-state index contributed by atoms with van der Waals surface area (Å²) in [5.74, 6) is 0. The lowest BCUT2D eigenvalue weighted by Gasteiger charge is -2.13. The Morgan fingerprint density at radius 1 is 1.46 bits per heavy atom. The van der Waals surface area contributed by atoms with Gasteiger partial charge >= 0.3 is 0 Å². The van der Waals surface area contributed by atoms with E-state index < -0.39 is 0 Å². The third-order valence-electron chi connectivity index (χ3n) is 2.24. The highest BCUT2D eigenvalue weighted by Gasteiger charge is 2.07. The molecular weight excluding hydrogens is 182 g/mol. The molecule has 0 fully saturated rings. The summed E-state index contributed by atoms with van der Waals surface area (Å²) in [5, 5.41) is 0.771. The smallest absolute Gasteiger partial charge is 0.0409 e. The molecule has 0 heterocycles. The van der Waals surface area contributed by atoms with Gasteiger partial charge in [0.05, 0.1) is 0 Å². The van der Waals surface area contributed by atoms with Crippen molar-refractivity contribution in [3.05, 3.63) is 34.3 Å². The Balaban J connectivity index is 2.91. The second kappa shape index (κ2) is 4.64. The highest BCUT2D eigenvalue weighted by atomic mass is 35.5. The van der Waals surface area contributed by atoms with Gasteiger partial charge in [-0.1, -0.05) is 31.0 Å². The zero-order chi connectivity index (χ0) is 9.84. The molecule has 0 aliphatic heterocycles. The Hall–Kier alpha value is -0.530. The lowest BCUT2D eigenvalue weighted by Crippen LogP contribution is -2.11. The first-order valence-electron chi connectivity index (χ1n) is 4.66. The Morgan fingerprint density at radius 3 is 2.77 bits per heavy atom. The molecule has 0 unspecified atom stereocenters. The van der Waals surface area contributed by atoms with Crippen LogP contribution in [0.5, 0.6) is 0 Å². The van der Waals surface area contributed by atoms with Gasteiger partial charge in [0.25, 0.3) is 0 Å². The van der Waals surface area contributed by atoms with Gasteiger partial charge in [-0.15, -0.1) is 0 Å². The highest BCUT2D eigenvalue weighted by molar-refractivity contribution is 6.30. The summed E-state index contributed by atoms with van der Waals surface area (Å²) >= 11 is 5.91. The van der Waals surface area contributed by atoms with Crippen molar-refractivity contribution >= 4 is 11.6 Å². The highest BCUT2D eigenvalue weighted by Crippen LogP contribution is 2.23. The minimum Gasteiger partial charge on any atom is -0.324 e. The van der Waals surface area contributed by atoms with E-state index in [4.69, 9.17) is 17.3 Å². The largest absolute Gasteiger partial charge is 0.324 e. The quantitative estimate of drug-likeness (QED) is 0.790. The number of benzene rings is 1. The minimum absolute atomic E-state index is 0.128. The number of hydrogen-bond donors (Lipinski definition) is 1. The van der Waals surface area contributed by atoms with Crippen molar-refractivity contribution in [2.24, 2.45) is 5.73 Å². The average Bonchev–Trinajstić information content (AvgIpc) is 2.09. The number of halogens is 1. The molecule has 0 saturated carbocycles. The van der Waals surface area contributed by atoms with Crippen LogP contribution in [0.2, 0.25) is 5.02 Å². The molecule has 2 heteroatoms. The normalized spacial score (nSPS) is 12.9. The number of rotatable bonds is 3. The predicted octanol–water partition coefficient (Wildman–Crippen LogP) is 3.45. The molecule has 0 amide bonds. The van der Waals surface area contributed by atoms with Crippen LogP contribution in [-0.4, -0.2) is 0 Å². The van der Waals surface area contributed by atoms with E-state index in [1.54, 1.807) is 0 Å². The van der Waals surface area contributed by atoms with Crippen molar-refractivity contribution in [2.75, 3.05) is 0 Å². The van der Waals surface area contributed by atoms with Crippen molar-refractivity contribution in [3.63, 3.8) is 0 Å². The summed E-state index contributed by atoms with van der Waals surface area (Å²) < 4.78 is 0. The molecule has 0 radical (unpaired) electrons. The number of nitrogens with two attached hydrogens (primary N) is 1. The molecule has 72 valence electrons. The van der Waals surface area contributed by atoms with Crippen LogP contribution in [0.1, 0.15) is 36.9 Å². The molecule has 0 saturated heterocycles. The third kappa shape index (κ3) is 2.71. The van der Waals surface area contributed by atoms with Gasteiger partial charge < -0.3 is 5.73 Å². The maximum absolute atomic E-state index is 6.02. The van der Waals surface area contributed by atoms with Crippen LogP contribution in [0.3, 0.4) is 0 Å². The molecule has 1 rings (SSSR count). The van der Waals surface area contributed by atoms with Crippen molar-refractivity contribution in [1.82, 2.24) is 0 Å². The fourth-order valence-corrected chi connectivity index (χ4v) is 1.66. The van der Waals surface area contributed by atoms with Gasteiger partial charge in [0.1, 0.15) is 0 Å². The van der Waals surface area contributed by atoms with Crippen LogP contribution in [-0.2, 0) is 0 Å². The van der Waals surface area contributed by atoms with E-state index in [0.717, 1.165) is 17.9 Å². The van der Waals surface area contributed by atoms with Crippen molar-refractivity contribution in [3.8, 4) is 0 Å². The van der Waals surface area contributed by atoms with E-state index in [0.29, 0.717) is 0 Å². The fraction of sp³-hybridized carbons (Fsp3) is 0.455. The first-order chi connectivity index (χ1) is 6.15. The summed E-state index contributed by atoms with van der Waals surface area (Å²) in [7, 11) is 0. The van der Waals surface area contributed by atoms with Crippen LogP contribution in [0.25, 0.3) is 0 Å². The molecule has 0 aliphatic carbocycles. The van der Waals surface area contributed by atoms with Gasteiger partial charge in [-0.05, 0) is 36.6 Å². The second-order valence-electron chi connectivity index (χ2n) is 3.40. The van der Waals surface area contributed by atoms with Gasteiger partial charge in [-0.3, -0.25) is 0 Å². The molecule has 13 heavy (non-hydrogen) atoms. The molecule has 0 aromatic heterocycles. The lowest BCUT2D eigenvalue weighted by molar-refractivity contribution is 0.635. The minimum atomic E-state index is 0.128. The van der Waals surface area contributed by atoms with Gasteiger partial charge in [-0.25, -0.2) is 0 Å². The summed E-state index contributed by atoms with van der Waals surface area (Å²) in [4.78, 5) is 0. The molecule has 0 spiro atoms. The average molecular weight is 198 g/mol. The second-order valence-corrected chi connectivity index (χ2v) is 3.83. The van der Waals surface area contributed by atoms with E-state index >= 15 is 0 Å². The van der Waals surface area contributed by atoms with Gasteiger partial charge in [-0.2, -0.15) is 0 Å². The maximum Gasteiger partial charge on any atom is 0.0409 e. The van der Waals surface area contributed by atoms with Crippen molar-refractivity contribution in [1.29, 1.82) is 0 Å². The first-order valence-corrected chi connectivity index (χ1v) is 5.04. The molecule has 1 aromatic rings. The summed E-state index contributed by atoms with van der Waals surface area (Å²) in [6.45, 7) is 4.21. The monoisotopic (exact) mass is 197 g/mol.